The smallest absolute Gasteiger partial charge is 0.243 e. The van der Waals surface area contributed by atoms with Crippen LogP contribution in [-0.4, -0.2) is 29.3 Å². The van der Waals surface area contributed by atoms with E-state index in [1.54, 1.807) is 4.90 Å². The van der Waals surface area contributed by atoms with Crippen LogP contribution in [0.4, 0.5) is 0 Å². The second-order valence-electron chi connectivity index (χ2n) is 8.57. The van der Waals surface area contributed by atoms with Crippen molar-refractivity contribution in [1.29, 1.82) is 0 Å². The van der Waals surface area contributed by atoms with E-state index in [2.05, 4.69) is 12.2 Å². The molecular weight excluding hydrogens is 444 g/mol. The van der Waals surface area contributed by atoms with Crippen LogP contribution >= 0.6 is 11.6 Å². The summed E-state index contributed by atoms with van der Waals surface area (Å²) >= 11 is 6.47. The van der Waals surface area contributed by atoms with E-state index in [1.807, 2.05) is 85.8 Å². The first kappa shape index (κ1) is 25.5. The number of nitrogens with zero attached hydrogens (tertiary/aromatic N) is 1. The Bertz CT molecular complexity index is 1080. The third-order valence-electron chi connectivity index (χ3n) is 6.00. The fourth-order valence-corrected chi connectivity index (χ4v) is 4.14. The summed E-state index contributed by atoms with van der Waals surface area (Å²) in [5.41, 5.74) is 3.84. The number of carbonyl (C=O) groups excluding carboxylic acids is 2. The molecule has 1 N–H and O–H groups in total. The number of nitrogens with one attached hydrogen (secondary N) is 1. The van der Waals surface area contributed by atoms with E-state index >= 15 is 0 Å². The Labute approximate surface area is 207 Å². The maximum Gasteiger partial charge on any atom is 0.243 e. The minimum absolute atomic E-state index is 0.0965. The lowest BCUT2D eigenvalue weighted by Crippen LogP contribution is -2.51. The van der Waals surface area contributed by atoms with Gasteiger partial charge in [-0.2, -0.15) is 0 Å². The maximum atomic E-state index is 13.7. The van der Waals surface area contributed by atoms with Crippen molar-refractivity contribution in [2.75, 3.05) is 6.54 Å². The summed E-state index contributed by atoms with van der Waals surface area (Å²) in [5.74, 6) is -0.233. The van der Waals surface area contributed by atoms with Crippen molar-refractivity contribution in [2.24, 2.45) is 0 Å². The SMILES string of the molecule is CCCCNC(=O)C(Cc1ccccc1)N(Cc1ccccc1Cl)C(=O)Cc1ccccc1C. The van der Waals surface area contributed by atoms with Crippen LogP contribution in [0.1, 0.15) is 42.0 Å². The number of hydrogen-bond acceptors (Lipinski definition) is 2. The van der Waals surface area contributed by atoms with Gasteiger partial charge in [0.25, 0.3) is 0 Å². The largest absolute Gasteiger partial charge is 0.354 e. The van der Waals surface area contributed by atoms with Gasteiger partial charge in [-0.1, -0.05) is 97.7 Å². The second-order valence-corrected chi connectivity index (χ2v) is 8.97. The van der Waals surface area contributed by atoms with Gasteiger partial charge < -0.3 is 10.2 Å². The molecule has 2 amide bonds. The van der Waals surface area contributed by atoms with Gasteiger partial charge in [-0.3, -0.25) is 9.59 Å². The van der Waals surface area contributed by atoms with Crippen molar-refractivity contribution < 1.29 is 9.59 Å². The number of hydrogen-bond donors (Lipinski definition) is 1. The molecule has 0 heterocycles. The first-order chi connectivity index (χ1) is 16.5. The highest BCUT2D eigenvalue weighted by Crippen LogP contribution is 2.22. The minimum atomic E-state index is -0.646. The number of halogens is 1. The molecule has 3 aromatic rings. The lowest BCUT2D eigenvalue weighted by molar-refractivity contribution is -0.140. The quantitative estimate of drug-likeness (QED) is 0.358. The van der Waals surface area contributed by atoms with Gasteiger partial charge in [0.05, 0.1) is 6.42 Å². The van der Waals surface area contributed by atoms with Crippen LogP contribution in [0.25, 0.3) is 0 Å². The summed E-state index contributed by atoms with van der Waals surface area (Å²) in [6.45, 7) is 4.94. The number of aryl methyl sites for hydroxylation is 1. The van der Waals surface area contributed by atoms with Crippen LogP contribution < -0.4 is 5.32 Å². The van der Waals surface area contributed by atoms with Crippen LogP contribution in [0.5, 0.6) is 0 Å². The van der Waals surface area contributed by atoms with Crippen LogP contribution in [0, 0.1) is 6.92 Å². The molecule has 3 aromatic carbocycles. The number of benzene rings is 3. The molecule has 3 rings (SSSR count). The van der Waals surface area contributed by atoms with Crippen LogP contribution in [0.2, 0.25) is 5.02 Å². The molecule has 0 saturated carbocycles. The van der Waals surface area contributed by atoms with Crippen molar-refractivity contribution in [1.82, 2.24) is 10.2 Å². The fraction of sp³-hybridized carbons (Fsp3) is 0.310. The molecule has 0 saturated heterocycles. The van der Waals surface area contributed by atoms with Crippen LogP contribution in [0.3, 0.4) is 0 Å². The summed E-state index contributed by atoms with van der Waals surface area (Å²) in [7, 11) is 0. The van der Waals surface area contributed by atoms with Gasteiger partial charge in [-0.15, -0.1) is 0 Å². The van der Waals surface area contributed by atoms with Gasteiger partial charge in [0.1, 0.15) is 6.04 Å². The van der Waals surface area contributed by atoms with E-state index in [4.69, 9.17) is 11.6 Å². The number of unbranched alkanes of at least 4 members (excludes halogenated alkanes) is 1. The van der Waals surface area contributed by atoms with Crippen molar-refractivity contribution in [2.45, 2.75) is 52.1 Å². The molecule has 178 valence electrons. The van der Waals surface area contributed by atoms with Gasteiger partial charge in [-0.05, 0) is 41.7 Å². The van der Waals surface area contributed by atoms with Gasteiger partial charge in [-0.25, -0.2) is 0 Å². The molecule has 0 aliphatic heterocycles. The lowest BCUT2D eigenvalue weighted by atomic mass is 10.00. The molecule has 0 aliphatic carbocycles. The highest BCUT2D eigenvalue weighted by molar-refractivity contribution is 6.31. The lowest BCUT2D eigenvalue weighted by Gasteiger charge is -2.32. The summed E-state index contributed by atoms with van der Waals surface area (Å²) in [4.78, 5) is 28.9. The molecule has 0 fully saturated rings. The third kappa shape index (κ3) is 7.19. The summed E-state index contributed by atoms with van der Waals surface area (Å²) in [5, 5.41) is 3.63. The van der Waals surface area contributed by atoms with E-state index in [9.17, 15) is 9.59 Å². The Hall–Kier alpha value is -3.11. The number of carbonyl (C=O) groups is 2. The second kappa shape index (κ2) is 13.0. The molecule has 5 heteroatoms. The Morgan fingerprint density at radius 1 is 0.912 bits per heavy atom. The Kier molecular flexibility index (Phi) is 9.72. The molecular formula is C29H33ClN2O2. The van der Waals surface area contributed by atoms with Gasteiger partial charge in [0.15, 0.2) is 0 Å². The summed E-state index contributed by atoms with van der Waals surface area (Å²) < 4.78 is 0. The average molecular weight is 477 g/mol. The molecule has 0 aromatic heterocycles. The fourth-order valence-electron chi connectivity index (χ4n) is 3.94. The Balaban J connectivity index is 1.96. The van der Waals surface area contributed by atoms with E-state index in [-0.39, 0.29) is 24.8 Å². The standard InChI is InChI=1S/C29H33ClN2O2/c1-3-4-18-31-29(34)27(19-23-13-6-5-7-14-23)32(21-25-16-10-11-17-26(25)30)28(33)20-24-15-9-8-12-22(24)2/h5-17,27H,3-4,18-21H2,1-2H3,(H,31,34). The first-order valence-corrected chi connectivity index (χ1v) is 12.3. The molecule has 1 atom stereocenters. The van der Waals surface area contributed by atoms with Crippen molar-refractivity contribution >= 4 is 23.4 Å². The zero-order valence-corrected chi connectivity index (χ0v) is 20.7. The normalized spacial score (nSPS) is 11.6. The maximum absolute atomic E-state index is 13.7. The van der Waals surface area contributed by atoms with Crippen molar-refractivity contribution in [3.05, 3.63) is 106 Å². The van der Waals surface area contributed by atoms with E-state index < -0.39 is 6.04 Å². The molecule has 0 aliphatic rings. The molecule has 34 heavy (non-hydrogen) atoms. The predicted molar refractivity (Wildman–Crippen MR) is 139 cm³/mol. The van der Waals surface area contributed by atoms with E-state index in [0.29, 0.717) is 18.0 Å². The average Bonchev–Trinajstić information content (AvgIpc) is 2.84. The molecule has 1 unspecified atom stereocenters. The minimum Gasteiger partial charge on any atom is -0.354 e. The Morgan fingerprint density at radius 2 is 1.56 bits per heavy atom. The van der Waals surface area contributed by atoms with Gasteiger partial charge >= 0.3 is 0 Å². The molecule has 4 nitrogen and oxygen atoms in total. The summed E-state index contributed by atoms with van der Waals surface area (Å²) in [6.07, 6.45) is 2.54. The van der Waals surface area contributed by atoms with Crippen LogP contribution in [0.15, 0.2) is 78.9 Å². The highest BCUT2D eigenvalue weighted by atomic mass is 35.5. The van der Waals surface area contributed by atoms with Crippen molar-refractivity contribution in [3.63, 3.8) is 0 Å². The van der Waals surface area contributed by atoms with E-state index in [1.165, 1.54) is 0 Å². The summed E-state index contributed by atoms with van der Waals surface area (Å²) in [6, 6.07) is 24.5. The predicted octanol–water partition coefficient (Wildman–Crippen LogP) is 5.75. The molecule has 0 radical (unpaired) electrons. The first-order valence-electron chi connectivity index (χ1n) is 11.9. The van der Waals surface area contributed by atoms with Crippen LogP contribution in [-0.2, 0) is 29.0 Å². The zero-order valence-electron chi connectivity index (χ0n) is 20.0. The zero-order chi connectivity index (χ0) is 24.3. The van der Waals surface area contributed by atoms with Gasteiger partial charge in [0.2, 0.25) is 11.8 Å². The van der Waals surface area contributed by atoms with Crippen molar-refractivity contribution in [3.8, 4) is 0 Å². The topological polar surface area (TPSA) is 49.4 Å². The molecule has 0 spiro atoms. The van der Waals surface area contributed by atoms with Gasteiger partial charge in [0, 0.05) is 24.5 Å². The third-order valence-corrected chi connectivity index (χ3v) is 6.37. The molecule has 0 bridgehead atoms. The number of amides is 2. The Morgan fingerprint density at radius 3 is 2.24 bits per heavy atom. The van der Waals surface area contributed by atoms with E-state index in [0.717, 1.165) is 35.1 Å². The monoisotopic (exact) mass is 476 g/mol. The highest BCUT2D eigenvalue weighted by Gasteiger charge is 2.30. The number of rotatable bonds is 11.